The van der Waals surface area contributed by atoms with Gasteiger partial charge in [0, 0.05) is 5.02 Å². The Bertz CT molecular complexity index is 717. The van der Waals surface area contributed by atoms with Gasteiger partial charge in [0.2, 0.25) is 5.78 Å². The van der Waals surface area contributed by atoms with Crippen LogP contribution in [0.5, 0.6) is 0 Å². The Balaban J connectivity index is 1.64. The molecule has 0 unspecified atom stereocenters. The molecule has 1 fully saturated rings. The van der Waals surface area contributed by atoms with Crippen LogP contribution in [0.15, 0.2) is 36.4 Å². The van der Waals surface area contributed by atoms with E-state index in [0.717, 1.165) is 18.4 Å². The first-order valence-corrected chi connectivity index (χ1v) is 8.30. The Kier molecular flexibility index (Phi) is 4.26. The molecule has 1 heterocycles. The number of benzene rings is 1. The predicted octanol–water partition coefficient (Wildman–Crippen LogP) is 4.51. The third-order valence-electron chi connectivity index (χ3n) is 3.72. The molecule has 3 nitrogen and oxygen atoms in total. The minimum atomic E-state index is -0.613. The molecular formula is C16H12Cl2O3S. The number of halogens is 2. The minimum absolute atomic E-state index is 0.239. The third kappa shape index (κ3) is 3.05. The molecule has 22 heavy (non-hydrogen) atoms. The molecule has 0 radical (unpaired) electrons. The van der Waals surface area contributed by atoms with Crippen LogP contribution in [0, 0.1) is 0 Å². The number of Topliss-reactive ketones (excluding diaryl/α,β-unsaturated/α-hetero) is 1. The van der Waals surface area contributed by atoms with E-state index >= 15 is 0 Å². The zero-order chi connectivity index (χ0) is 15.7. The van der Waals surface area contributed by atoms with E-state index in [0.29, 0.717) is 14.2 Å². The zero-order valence-corrected chi connectivity index (χ0v) is 13.8. The lowest BCUT2D eigenvalue weighted by Crippen LogP contribution is -2.25. The first-order chi connectivity index (χ1) is 10.5. The van der Waals surface area contributed by atoms with E-state index in [1.165, 1.54) is 11.3 Å². The topological polar surface area (TPSA) is 43.4 Å². The second-order valence-electron chi connectivity index (χ2n) is 5.19. The van der Waals surface area contributed by atoms with E-state index in [9.17, 15) is 9.59 Å². The monoisotopic (exact) mass is 354 g/mol. The molecule has 2 aromatic rings. The van der Waals surface area contributed by atoms with Crippen molar-refractivity contribution in [2.75, 3.05) is 6.61 Å². The highest BCUT2D eigenvalue weighted by Crippen LogP contribution is 2.49. The molecule has 1 aromatic carbocycles. The average Bonchev–Trinajstić information content (AvgIpc) is 3.21. The number of hydrogen-bond donors (Lipinski definition) is 0. The van der Waals surface area contributed by atoms with Gasteiger partial charge in [0.05, 0.1) is 14.6 Å². The van der Waals surface area contributed by atoms with Crippen LogP contribution in [-0.2, 0) is 14.9 Å². The standard InChI is InChI=1S/C16H12Cl2O3S/c17-11-3-1-10(2-4-11)16(7-8-16)15(20)21-9-12(19)13-5-6-14(18)22-13/h1-6H,7-9H2. The fourth-order valence-corrected chi connectivity index (χ4v) is 3.40. The van der Waals surface area contributed by atoms with Crippen LogP contribution < -0.4 is 0 Å². The highest BCUT2D eigenvalue weighted by atomic mass is 35.5. The van der Waals surface area contributed by atoms with Crippen LogP contribution >= 0.6 is 34.5 Å². The van der Waals surface area contributed by atoms with Crippen molar-refractivity contribution in [2.45, 2.75) is 18.3 Å². The molecule has 114 valence electrons. The summed E-state index contributed by atoms with van der Waals surface area (Å²) in [6, 6.07) is 10.5. The maximum atomic E-state index is 12.3. The van der Waals surface area contributed by atoms with Crippen molar-refractivity contribution in [1.82, 2.24) is 0 Å². The summed E-state index contributed by atoms with van der Waals surface area (Å²) < 4.78 is 5.76. The lowest BCUT2D eigenvalue weighted by atomic mass is 9.96. The van der Waals surface area contributed by atoms with Gasteiger partial charge in [-0.05, 0) is 42.7 Å². The Morgan fingerprint density at radius 2 is 1.77 bits per heavy atom. The van der Waals surface area contributed by atoms with Crippen molar-refractivity contribution in [3.05, 3.63) is 56.2 Å². The summed E-state index contributed by atoms with van der Waals surface area (Å²) in [4.78, 5) is 24.8. The highest BCUT2D eigenvalue weighted by Gasteiger charge is 2.52. The summed E-state index contributed by atoms with van der Waals surface area (Å²) >= 11 is 12.8. The van der Waals surface area contributed by atoms with Gasteiger partial charge < -0.3 is 4.74 Å². The van der Waals surface area contributed by atoms with Crippen molar-refractivity contribution in [3.63, 3.8) is 0 Å². The Hall–Kier alpha value is -1.36. The quantitative estimate of drug-likeness (QED) is 0.585. The lowest BCUT2D eigenvalue weighted by Gasteiger charge is -2.14. The van der Waals surface area contributed by atoms with E-state index in [2.05, 4.69) is 0 Å². The number of ketones is 1. The molecule has 0 atom stereocenters. The number of carbonyl (C=O) groups is 2. The molecule has 0 saturated heterocycles. The molecule has 0 spiro atoms. The highest BCUT2D eigenvalue weighted by molar-refractivity contribution is 7.18. The van der Waals surface area contributed by atoms with Gasteiger partial charge in [-0.25, -0.2) is 0 Å². The molecule has 0 N–H and O–H groups in total. The van der Waals surface area contributed by atoms with Gasteiger partial charge in [-0.1, -0.05) is 35.3 Å². The molecule has 0 bridgehead atoms. The average molecular weight is 355 g/mol. The van der Waals surface area contributed by atoms with E-state index in [-0.39, 0.29) is 18.4 Å². The van der Waals surface area contributed by atoms with E-state index in [1.54, 1.807) is 24.3 Å². The van der Waals surface area contributed by atoms with Gasteiger partial charge in [-0.2, -0.15) is 0 Å². The van der Waals surface area contributed by atoms with Gasteiger partial charge in [-0.3, -0.25) is 9.59 Å². The van der Waals surface area contributed by atoms with Crippen LogP contribution in [0.4, 0.5) is 0 Å². The molecule has 1 aliphatic carbocycles. The first-order valence-electron chi connectivity index (χ1n) is 6.73. The predicted molar refractivity (Wildman–Crippen MR) is 87.0 cm³/mol. The molecule has 1 aliphatic rings. The molecular weight excluding hydrogens is 343 g/mol. The van der Waals surface area contributed by atoms with Crippen molar-refractivity contribution < 1.29 is 14.3 Å². The number of ether oxygens (including phenoxy) is 1. The SMILES string of the molecule is O=C(COC(=O)C1(c2ccc(Cl)cc2)CC1)c1ccc(Cl)s1. The third-order valence-corrected chi connectivity index (χ3v) is 5.24. The second kappa shape index (κ2) is 6.03. The number of thiophene rings is 1. The number of carbonyl (C=O) groups excluding carboxylic acids is 2. The zero-order valence-electron chi connectivity index (χ0n) is 11.5. The first kappa shape index (κ1) is 15.5. The lowest BCUT2D eigenvalue weighted by molar-refractivity contribution is -0.145. The molecule has 1 aromatic heterocycles. The molecule has 3 rings (SSSR count). The van der Waals surface area contributed by atoms with Gasteiger partial charge in [0.25, 0.3) is 0 Å². The van der Waals surface area contributed by atoms with Gasteiger partial charge in [0.15, 0.2) is 6.61 Å². The van der Waals surface area contributed by atoms with Crippen LogP contribution in [0.2, 0.25) is 9.36 Å². The number of rotatable bonds is 5. The van der Waals surface area contributed by atoms with Crippen LogP contribution in [0.25, 0.3) is 0 Å². The smallest absolute Gasteiger partial charge is 0.317 e. The summed E-state index contributed by atoms with van der Waals surface area (Å²) in [5, 5.41) is 0.623. The normalized spacial score (nSPS) is 15.4. The Labute approximate surface area is 141 Å². The van der Waals surface area contributed by atoms with E-state index in [4.69, 9.17) is 27.9 Å². The van der Waals surface area contributed by atoms with E-state index in [1.807, 2.05) is 12.1 Å². The summed E-state index contributed by atoms with van der Waals surface area (Å²) in [7, 11) is 0. The molecule has 0 amide bonds. The maximum absolute atomic E-state index is 12.3. The largest absolute Gasteiger partial charge is 0.457 e. The van der Waals surface area contributed by atoms with Crippen molar-refractivity contribution in [1.29, 1.82) is 0 Å². The number of esters is 1. The van der Waals surface area contributed by atoms with Gasteiger partial charge in [0.1, 0.15) is 0 Å². The summed E-state index contributed by atoms with van der Waals surface area (Å²) in [5.41, 5.74) is 0.270. The van der Waals surface area contributed by atoms with Crippen molar-refractivity contribution in [3.8, 4) is 0 Å². The van der Waals surface area contributed by atoms with Crippen LogP contribution in [0.1, 0.15) is 28.1 Å². The Morgan fingerprint density at radius 3 is 2.32 bits per heavy atom. The summed E-state index contributed by atoms with van der Waals surface area (Å²) in [5.74, 6) is -0.594. The fourth-order valence-electron chi connectivity index (χ4n) is 2.31. The van der Waals surface area contributed by atoms with Crippen LogP contribution in [-0.4, -0.2) is 18.4 Å². The van der Waals surface area contributed by atoms with Crippen molar-refractivity contribution >= 4 is 46.3 Å². The number of hydrogen-bond acceptors (Lipinski definition) is 4. The maximum Gasteiger partial charge on any atom is 0.317 e. The summed E-state index contributed by atoms with van der Waals surface area (Å²) in [6.07, 6.45) is 1.46. The van der Waals surface area contributed by atoms with Crippen molar-refractivity contribution in [2.24, 2.45) is 0 Å². The molecule has 0 aliphatic heterocycles. The van der Waals surface area contributed by atoms with Gasteiger partial charge in [-0.15, -0.1) is 11.3 Å². The molecule has 6 heteroatoms. The van der Waals surface area contributed by atoms with Crippen LogP contribution in [0.3, 0.4) is 0 Å². The summed E-state index contributed by atoms with van der Waals surface area (Å²) in [6.45, 7) is -0.259. The Morgan fingerprint density at radius 1 is 1.09 bits per heavy atom. The fraction of sp³-hybridized carbons (Fsp3) is 0.250. The second-order valence-corrected chi connectivity index (χ2v) is 7.34. The van der Waals surface area contributed by atoms with E-state index < -0.39 is 5.41 Å². The minimum Gasteiger partial charge on any atom is -0.457 e. The molecule has 1 saturated carbocycles. The van der Waals surface area contributed by atoms with Gasteiger partial charge >= 0.3 is 5.97 Å².